The molecule has 3 heteroatoms. The molecule has 0 atom stereocenters. The number of fused-ring (bicyclic) bond motifs is 16. The molecule has 0 fully saturated rings. The third-order valence-electron chi connectivity index (χ3n) is 13.5. The molecule has 0 saturated heterocycles. The molecule has 0 amide bonds. The van der Waals surface area contributed by atoms with Gasteiger partial charge in [-0.25, -0.2) is 0 Å². The van der Waals surface area contributed by atoms with Gasteiger partial charge in [0.1, 0.15) is 0 Å². The van der Waals surface area contributed by atoms with E-state index in [0.29, 0.717) is 0 Å². The fraction of sp³-hybridized carbons (Fsp3) is 0.0714. The molecule has 0 N–H and O–H groups in total. The Hall–Kier alpha value is -6.39. The van der Waals surface area contributed by atoms with E-state index in [9.17, 15) is 0 Å². The molecule has 9 aromatic carbocycles. The van der Waals surface area contributed by atoms with E-state index in [1.807, 2.05) is 23.1 Å². The average Bonchev–Trinajstić information content (AvgIpc) is 3.87. The maximum absolute atomic E-state index is 2.56. The smallest absolute Gasteiger partial charge is 0.0736 e. The highest BCUT2D eigenvalue weighted by atomic mass is 32.2. The molecule has 0 radical (unpaired) electrons. The van der Waals surface area contributed by atoms with E-state index in [0.717, 1.165) is 5.69 Å². The van der Waals surface area contributed by atoms with E-state index in [4.69, 9.17) is 0 Å². The minimum atomic E-state index is -0.465. The second-order valence-corrected chi connectivity index (χ2v) is 19.0. The zero-order valence-electron chi connectivity index (χ0n) is 32.7. The summed E-state index contributed by atoms with van der Waals surface area (Å²) in [6, 6.07) is 71.3. The Morgan fingerprint density at radius 3 is 1.71 bits per heavy atom. The van der Waals surface area contributed by atoms with Gasteiger partial charge in [-0.2, -0.15) is 0 Å². The Morgan fingerprint density at radius 1 is 0.407 bits per heavy atom. The van der Waals surface area contributed by atoms with Crippen LogP contribution in [0.1, 0.15) is 47.2 Å². The standard InChI is InChI=1S/C56H37NS2/c1-55(2)43-19-8-5-16-38(43)41-28-26-36(32-47(41)55)57(49-23-13-25-52-54(49)42-30-34-14-3-4-15-35(34)31-53(42)59-52)37-27-29-51-48(33-37)56(46-22-11-12-24-50(46)58-51)44-20-9-6-17-39(44)40-18-7-10-21-45(40)56/h3-33H,1-2H3. The Morgan fingerprint density at radius 2 is 0.966 bits per heavy atom. The molecule has 2 heterocycles. The molecular formula is C56H37NS2. The van der Waals surface area contributed by atoms with Gasteiger partial charge in [0.15, 0.2) is 0 Å². The van der Waals surface area contributed by atoms with Crippen LogP contribution in [0.25, 0.3) is 53.2 Å². The second-order valence-electron chi connectivity index (χ2n) is 16.8. The van der Waals surface area contributed by atoms with Crippen molar-refractivity contribution in [1.29, 1.82) is 0 Å². The van der Waals surface area contributed by atoms with Crippen LogP contribution < -0.4 is 4.90 Å². The summed E-state index contributed by atoms with van der Waals surface area (Å²) in [7, 11) is 0. The highest BCUT2D eigenvalue weighted by Gasteiger charge is 2.50. The van der Waals surface area contributed by atoms with Crippen LogP contribution >= 0.6 is 23.1 Å². The Kier molecular flexibility index (Phi) is 6.87. The van der Waals surface area contributed by atoms with Crippen LogP contribution in [-0.4, -0.2) is 0 Å². The van der Waals surface area contributed by atoms with E-state index in [-0.39, 0.29) is 5.41 Å². The number of benzene rings is 9. The lowest BCUT2D eigenvalue weighted by atomic mass is 9.67. The molecule has 0 saturated carbocycles. The summed E-state index contributed by atoms with van der Waals surface area (Å²) in [5.41, 5.74) is 16.4. The Bertz CT molecular complexity index is 3380. The molecule has 0 bridgehead atoms. The van der Waals surface area contributed by atoms with E-state index < -0.39 is 5.41 Å². The highest BCUT2D eigenvalue weighted by Crippen LogP contribution is 2.63. The molecule has 3 aliphatic rings. The van der Waals surface area contributed by atoms with Crippen molar-refractivity contribution >= 4 is 71.1 Å². The second kappa shape index (κ2) is 12.1. The van der Waals surface area contributed by atoms with Crippen LogP contribution in [0, 0.1) is 0 Å². The summed E-state index contributed by atoms with van der Waals surface area (Å²) in [5, 5.41) is 5.14. The highest BCUT2D eigenvalue weighted by molar-refractivity contribution is 7.99. The largest absolute Gasteiger partial charge is 0.310 e. The van der Waals surface area contributed by atoms with Gasteiger partial charge < -0.3 is 4.90 Å². The molecule has 13 rings (SSSR count). The van der Waals surface area contributed by atoms with Crippen LogP contribution in [0.5, 0.6) is 0 Å². The molecular weight excluding hydrogens is 751 g/mol. The summed E-state index contributed by atoms with van der Waals surface area (Å²) in [6.45, 7) is 4.77. The van der Waals surface area contributed by atoms with Gasteiger partial charge in [-0.1, -0.05) is 153 Å². The SMILES string of the molecule is CC1(C)c2ccccc2-c2ccc(N(c3ccc4c(c3)C3(c5ccccc5S4)c4ccccc4-c4ccccc43)c3cccc4sc5cc6ccccc6cc5c34)cc21. The van der Waals surface area contributed by atoms with Gasteiger partial charge in [-0.05, 0) is 127 Å². The predicted molar refractivity (Wildman–Crippen MR) is 251 cm³/mol. The Labute approximate surface area is 352 Å². The molecule has 1 aromatic heterocycles. The van der Waals surface area contributed by atoms with Gasteiger partial charge in [0.25, 0.3) is 0 Å². The monoisotopic (exact) mass is 787 g/mol. The third-order valence-corrected chi connectivity index (χ3v) is 15.8. The minimum absolute atomic E-state index is 0.134. The lowest BCUT2D eigenvalue weighted by Crippen LogP contribution is -2.32. The van der Waals surface area contributed by atoms with Crippen LogP contribution in [0.2, 0.25) is 0 Å². The first-order valence-electron chi connectivity index (χ1n) is 20.5. The number of thiophene rings is 1. The van der Waals surface area contributed by atoms with Gasteiger partial charge in [-0.3, -0.25) is 0 Å². The number of hydrogen-bond donors (Lipinski definition) is 0. The number of hydrogen-bond acceptors (Lipinski definition) is 3. The molecule has 0 unspecified atom stereocenters. The fourth-order valence-electron chi connectivity index (χ4n) is 10.9. The average molecular weight is 788 g/mol. The van der Waals surface area contributed by atoms with E-state index in [1.165, 1.54) is 108 Å². The van der Waals surface area contributed by atoms with Gasteiger partial charge >= 0.3 is 0 Å². The van der Waals surface area contributed by atoms with E-state index >= 15 is 0 Å². The molecule has 1 spiro atoms. The molecule has 1 aliphatic heterocycles. The first-order chi connectivity index (χ1) is 29.0. The minimum Gasteiger partial charge on any atom is -0.310 e. The topological polar surface area (TPSA) is 3.24 Å². The van der Waals surface area contributed by atoms with Crippen molar-refractivity contribution < 1.29 is 0 Å². The maximum atomic E-state index is 2.56. The number of nitrogens with zero attached hydrogens (tertiary/aromatic N) is 1. The fourth-order valence-corrected chi connectivity index (χ4v) is 13.3. The van der Waals surface area contributed by atoms with Gasteiger partial charge in [-0.15, -0.1) is 11.3 Å². The lowest BCUT2D eigenvalue weighted by Gasteiger charge is -2.40. The lowest BCUT2D eigenvalue weighted by molar-refractivity contribution is 0.660. The summed E-state index contributed by atoms with van der Waals surface area (Å²) >= 11 is 3.80. The molecule has 2 aliphatic carbocycles. The zero-order chi connectivity index (χ0) is 39.0. The first-order valence-corrected chi connectivity index (χ1v) is 22.1. The van der Waals surface area contributed by atoms with E-state index in [1.54, 1.807) is 0 Å². The van der Waals surface area contributed by atoms with Crippen molar-refractivity contribution in [3.63, 3.8) is 0 Å². The van der Waals surface area contributed by atoms with Gasteiger partial charge in [0, 0.05) is 46.8 Å². The van der Waals surface area contributed by atoms with Crippen molar-refractivity contribution in [2.45, 2.75) is 34.5 Å². The van der Waals surface area contributed by atoms with Crippen molar-refractivity contribution in [2.24, 2.45) is 0 Å². The molecule has 10 aromatic rings. The van der Waals surface area contributed by atoms with Crippen molar-refractivity contribution in [2.75, 3.05) is 4.90 Å². The molecule has 59 heavy (non-hydrogen) atoms. The van der Waals surface area contributed by atoms with Gasteiger partial charge in [0.2, 0.25) is 0 Å². The third kappa shape index (κ3) is 4.47. The van der Waals surface area contributed by atoms with Gasteiger partial charge in [0.05, 0.1) is 11.1 Å². The van der Waals surface area contributed by atoms with Crippen LogP contribution in [0.15, 0.2) is 198 Å². The first kappa shape index (κ1) is 33.6. The summed E-state index contributed by atoms with van der Waals surface area (Å²) < 4.78 is 2.61. The summed E-state index contributed by atoms with van der Waals surface area (Å²) in [5.74, 6) is 0. The quantitative estimate of drug-likeness (QED) is 0.175. The summed E-state index contributed by atoms with van der Waals surface area (Å²) in [6.07, 6.45) is 0. The number of rotatable bonds is 3. The Balaban J connectivity index is 1.12. The maximum Gasteiger partial charge on any atom is 0.0736 e. The van der Waals surface area contributed by atoms with Crippen LogP contribution in [0.3, 0.4) is 0 Å². The molecule has 1 nitrogen and oxygen atoms in total. The van der Waals surface area contributed by atoms with E-state index in [2.05, 4.69) is 207 Å². The van der Waals surface area contributed by atoms with Crippen LogP contribution in [0.4, 0.5) is 17.1 Å². The van der Waals surface area contributed by atoms with Crippen molar-refractivity contribution in [3.8, 4) is 22.3 Å². The number of anilines is 3. The van der Waals surface area contributed by atoms with Crippen molar-refractivity contribution in [1.82, 2.24) is 0 Å². The van der Waals surface area contributed by atoms with Crippen molar-refractivity contribution in [3.05, 3.63) is 221 Å². The zero-order valence-corrected chi connectivity index (χ0v) is 34.3. The predicted octanol–water partition coefficient (Wildman–Crippen LogP) is 15.8. The molecule has 278 valence electrons. The summed E-state index contributed by atoms with van der Waals surface area (Å²) in [4.78, 5) is 5.18. The van der Waals surface area contributed by atoms with Crippen LogP contribution in [-0.2, 0) is 10.8 Å². The normalized spacial score (nSPS) is 14.8.